The highest BCUT2D eigenvalue weighted by molar-refractivity contribution is 5.99. The van der Waals surface area contributed by atoms with Crippen LogP contribution in [-0.2, 0) is 6.54 Å². The van der Waals surface area contributed by atoms with E-state index in [-0.39, 0.29) is 11.9 Å². The lowest BCUT2D eigenvalue weighted by Crippen LogP contribution is -2.46. The standard InChI is InChI=1S/C18H26N2O2/c1-4-7-19-12(2)8-17(13(19)3)18(22)11-20-14-5-6-15(20)10-16(21)9-14/h4,8,14-16,21H,1,5-7,9-11H2,2-3H3/t14-,15-/m0/s1. The number of hydrogen-bond donors (Lipinski definition) is 1. The highest BCUT2D eigenvalue weighted by Gasteiger charge is 2.41. The molecule has 2 bridgehead atoms. The van der Waals surface area contributed by atoms with Gasteiger partial charge in [-0.05, 0) is 45.6 Å². The van der Waals surface area contributed by atoms with Gasteiger partial charge in [-0.25, -0.2) is 0 Å². The maximum absolute atomic E-state index is 12.8. The van der Waals surface area contributed by atoms with Crippen molar-refractivity contribution in [3.05, 3.63) is 35.7 Å². The second-order valence-electron chi connectivity index (χ2n) is 6.79. The van der Waals surface area contributed by atoms with Crippen molar-refractivity contribution in [3.8, 4) is 0 Å². The Hall–Kier alpha value is -1.39. The molecule has 0 radical (unpaired) electrons. The zero-order valence-corrected chi connectivity index (χ0v) is 13.6. The summed E-state index contributed by atoms with van der Waals surface area (Å²) < 4.78 is 2.13. The molecular formula is C18H26N2O2. The highest BCUT2D eigenvalue weighted by Crippen LogP contribution is 2.35. The van der Waals surface area contributed by atoms with E-state index in [1.807, 2.05) is 26.0 Å². The first kappa shape index (κ1) is 15.5. The summed E-state index contributed by atoms with van der Waals surface area (Å²) in [6.07, 6.45) is 5.55. The van der Waals surface area contributed by atoms with E-state index in [0.717, 1.165) is 49.2 Å². The molecule has 2 aliphatic heterocycles. The van der Waals surface area contributed by atoms with Crippen molar-refractivity contribution in [3.63, 3.8) is 0 Å². The van der Waals surface area contributed by atoms with E-state index in [1.165, 1.54) is 0 Å². The molecule has 2 aliphatic rings. The van der Waals surface area contributed by atoms with Crippen LogP contribution in [0.1, 0.15) is 47.4 Å². The number of hydrogen-bond acceptors (Lipinski definition) is 3. The van der Waals surface area contributed by atoms with Gasteiger partial charge in [0.15, 0.2) is 5.78 Å². The first-order valence-corrected chi connectivity index (χ1v) is 8.26. The molecule has 1 aromatic rings. The predicted molar refractivity (Wildman–Crippen MR) is 87.2 cm³/mol. The fraction of sp³-hybridized carbons (Fsp3) is 0.611. The van der Waals surface area contributed by atoms with Crippen LogP contribution in [0.25, 0.3) is 0 Å². The molecule has 1 aromatic heterocycles. The summed E-state index contributed by atoms with van der Waals surface area (Å²) in [5.41, 5.74) is 2.98. The van der Waals surface area contributed by atoms with Gasteiger partial charge in [-0.3, -0.25) is 9.69 Å². The lowest BCUT2D eigenvalue weighted by Gasteiger charge is -2.36. The van der Waals surface area contributed by atoms with Gasteiger partial charge < -0.3 is 9.67 Å². The normalized spacial score (nSPS) is 28.0. The number of rotatable bonds is 5. The van der Waals surface area contributed by atoms with E-state index in [1.54, 1.807) is 0 Å². The smallest absolute Gasteiger partial charge is 0.178 e. The molecule has 3 rings (SSSR count). The molecule has 2 fully saturated rings. The average Bonchev–Trinajstić information content (AvgIpc) is 2.87. The number of carbonyl (C=O) groups excluding carboxylic acids is 1. The third-order valence-electron chi connectivity index (χ3n) is 5.37. The quantitative estimate of drug-likeness (QED) is 0.671. The summed E-state index contributed by atoms with van der Waals surface area (Å²) in [5.74, 6) is 0.205. The van der Waals surface area contributed by atoms with Crippen LogP contribution in [-0.4, -0.2) is 45.1 Å². The molecule has 2 saturated heterocycles. The molecule has 120 valence electrons. The Morgan fingerprint density at radius 1 is 1.36 bits per heavy atom. The van der Waals surface area contributed by atoms with E-state index in [9.17, 15) is 9.90 Å². The van der Waals surface area contributed by atoms with E-state index in [0.29, 0.717) is 18.6 Å². The summed E-state index contributed by atoms with van der Waals surface area (Å²) in [5, 5.41) is 9.88. The van der Waals surface area contributed by atoms with E-state index in [2.05, 4.69) is 16.0 Å². The lowest BCUT2D eigenvalue weighted by atomic mass is 9.99. The highest BCUT2D eigenvalue weighted by atomic mass is 16.3. The minimum absolute atomic E-state index is 0.179. The molecule has 4 heteroatoms. The summed E-state index contributed by atoms with van der Waals surface area (Å²) in [4.78, 5) is 15.1. The number of allylic oxidation sites excluding steroid dienone is 1. The van der Waals surface area contributed by atoms with Crippen LogP contribution >= 0.6 is 0 Å². The minimum atomic E-state index is -0.179. The monoisotopic (exact) mass is 302 g/mol. The van der Waals surface area contributed by atoms with Gasteiger partial charge in [0.1, 0.15) is 0 Å². The Bertz CT molecular complexity index is 576. The minimum Gasteiger partial charge on any atom is -0.393 e. The maximum Gasteiger partial charge on any atom is 0.178 e. The molecule has 0 saturated carbocycles. The molecule has 2 atom stereocenters. The van der Waals surface area contributed by atoms with Crippen LogP contribution in [0.2, 0.25) is 0 Å². The number of aromatic nitrogens is 1. The second-order valence-corrected chi connectivity index (χ2v) is 6.79. The van der Waals surface area contributed by atoms with Crippen molar-refractivity contribution in [2.45, 2.75) is 64.3 Å². The molecular weight excluding hydrogens is 276 g/mol. The zero-order valence-electron chi connectivity index (χ0n) is 13.6. The first-order valence-electron chi connectivity index (χ1n) is 8.26. The largest absolute Gasteiger partial charge is 0.393 e. The third-order valence-corrected chi connectivity index (χ3v) is 5.37. The Labute approximate surface area is 132 Å². The fourth-order valence-corrected chi connectivity index (χ4v) is 4.25. The van der Waals surface area contributed by atoms with Crippen LogP contribution in [0.15, 0.2) is 18.7 Å². The van der Waals surface area contributed by atoms with Crippen molar-refractivity contribution in [2.75, 3.05) is 6.54 Å². The molecule has 1 N–H and O–H groups in total. The second kappa shape index (κ2) is 6.01. The summed E-state index contributed by atoms with van der Waals surface area (Å²) in [6.45, 7) is 9.06. The Balaban J connectivity index is 1.76. The number of fused-ring (bicyclic) bond motifs is 2. The fourth-order valence-electron chi connectivity index (χ4n) is 4.25. The molecule has 0 amide bonds. The first-order chi connectivity index (χ1) is 10.5. The maximum atomic E-state index is 12.8. The molecule has 0 unspecified atom stereocenters. The van der Waals surface area contributed by atoms with Crippen LogP contribution < -0.4 is 0 Å². The number of carbonyl (C=O) groups is 1. The van der Waals surface area contributed by atoms with Gasteiger partial charge in [0.2, 0.25) is 0 Å². The molecule has 3 heterocycles. The van der Waals surface area contributed by atoms with Crippen LogP contribution in [0.3, 0.4) is 0 Å². The summed E-state index contributed by atoms with van der Waals surface area (Å²) in [6, 6.07) is 2.77. The van der Waals surface area contributed by atoms with Gasteiger partial charge in [0.05, 0.1) is 12.6 Å². The van der Waals surface area contributed by atoms with Crippen molar-refractivity contribution < 1.29 is 9.90 Å². The van der Waals surface area contributed by atoms with Crippen molar-refractivity contribution >= 4 is 5.78 Å². The summed E-state index contributed by atoms with van der Waals surface area (Å²) in [7, 11) is 0. The number of aliphatic hydroxyl groups excluding tert-OH is 1. The van der Waals surface area contributed by atoms with Crippen molar-refractivity contribution in [1.82, 2.24) is 9.47 Å². The summed E-state index contributed by atoms with van der Waals surface area (Å²) >= 11 is 0. The lowest BCUT2D eigenvalue weighted by molar-refractivity contribution is 0.0344. The molecule has 0 aromatic carbocycles. The number of aliphatic hydroxyl groups is 1. The number of aryl methyl sites for hydroxylation is 1. The van der Waals surface area contributed by atoms with Gasteiger partial charge >= 0.3 is 0 Å². The number of nitrogens with zero attached hydrogens (tertiary/aromatic N) is 2. The van der Waals surface area contributed by atoms with Gasteiger partial charge in [-0.2, -0.15) is 0 Å². The van der Waals surface area contributed by atoms with Crippen LogP contribution in [0, 0.1) is 13.8 Å². The van der Waals surface area contributed by atoms with Gasteiger partial charge in [-0.1, -0.05) is 6.08 Å². The number of Topliss-reactive ketones (excluding diaryl/α,β-unsaturated/α-hetero) is 1. The van der Waals surface area contributed by atoms with E-state index >= 15 is 0 Å². The zero-order chi connectivity index (χ0) is 15.9. The van der Waals surface area contributed by atoms with Crippen LogP contribution in [0.5, 0.6) is 0 Å². The van der Waals surface area contributed by atoms with Gasteiger partial charge in [0, 0.05) is 35.6 Å². The topological polar surface area (TPSA) is 45.5 Å². The predicted octanol–water partition coefficient (Wildman–Crippen LogP) is 2.46. The van der Waals surface area contributed by atoms with Crippen molar-refractivity contribution in [1.29, 1.82) is 0 Å². The Morgan fingerprint density at radius 3 is 2.59 bits per heavy atom. The van der Waals surface area contributed by atoms with Gasteiger partial charge in [-0.15, -0.1) is 6.58 Å². The number of piperidine rings is 1. The van der Waals surface area contributed by atoms with Crippen LogP contribution in [0.4, 0.5) is 0 Å². The van der Waals surface area contributed by atoms with E-state index < -0.39 is 0 Å². The SMILES string of the molecule is C=CCn1c(C)cc(C(=O)CN2[C@H]3CC[C@H]2CC(O)C3)c1C. The Kier molecular flexibility index (Phi) is 4.24. The molecule has 0 aliphatic carbocycles. The van der Waals surface area contributed by atoms with E-state index in [4.69, 9.17) is 0 Å². The van der Waals surface area contributed by atoms with Crippen molar-refractivity contribution in [2.24, 2.45) is 0 Å². The molecule has 22 heavy (non-hydrogen) atoms. The molecule has 4 nitrogen and oxygen atoms in total. The molecule has 0 spiro atoms. The average molecular weight is 302 g/mol. The number of ketones is 1. The Morgan fingerprint density at radius 2 is 2.00 bits per heavy atom. The third kappa shape index (κ3) is 2.66. The van der Waals surface area contributed by atoms with Gasteiger partial charge in [0.25, 0.3) is 0 Å².